The summed E-state index contributed by atoms with van der Waals surface area (Å²) in [5.74, 6) is 0.923. The first-order valence-electron chi connectivity index (χ1n) is 7.58. The number of anilines is 1. The van der Waals surface area contributed by atoms with E-state index in [1.165, 1.54) is 0 Å². The Morgan fingerprint density at radius 2 is 1.71 bits per heavy atom. The van der Waals surface area contributed by atoms with Gasteiger partial charge in [0.25, 0.3) is 0 Å². The van der Waals surface area contributed by atoms with E-state index in [9.17, 15) is 0 Å². The molecule has 0 heterocycles. The predicted octanol–water partition coefficient (Wildman–Crippen LogP) is 5.36. The highest BCUT2D eigenvalue weighted by atomic mass is 35.5. The molecule has 128 valence electrons. The van der Waals surface area contributed by atoms with E-state index in [0.29, 0.717) is 21.8 Å². The summed E-state index contributed by atoms with van der Waals surface area (Å²) in [4.78, 5) is 0. The summed E-state index contributed by atoms with van der Waals surface area (Å²) in [6.45, 7) is 6.58. The highest BCUT2D eigenvalue weighted by Crippen LogP contribution is 2.23. The van der Waals surface area contributed by atoms with Crippen LogP contribution >= 0.6 is 35.4 Å². The van der Waals surface area contributed by atoms with E-state index in [-0.39, 0.29) is 6.04 Å². The van der Waals surface area contributed by atoms with Gasteiger partial charge in [-0.1, -0.05) is 41.4 Å². The van der Waals surface area contributed by atoms with Gasteiger partial charge >= 0.3 is 0 Å². The van der Waals surface area contributed by atoms with Crippen molar-refractivity contribution in [3.05, 3.63) is 57.6 Å². The van der Waals surface area contributed by atoms with Crippen molar-refractivity contribution in [1.82, 2.24) is 5.32 Å². The first-order chi connectivity index (χ1) is 11.3. The van der Waals surface area contributed by atoms with Crippen LogP contribution in [0, 0.1) is 13.8 Å². The molecule has 2 aromatic carbocycles. The van der Waals surface area contributed by atoms with E-state index in [1.54, 1.807) is 18.2 Å². The Kier molecular flexibility index (Phi) is 6.72. The van der Waals surface area contributed by atoms with E-state index in [4.69, 9.17) is 40.2 Å². The maximum absolute atomic E-state index is 5.98. The molecule has 0 saturated carbocycles. The summed E-state index contributed by atoms with van der Waals surface area (Å²) in [5, 5.41) is 7.86. The van der Waals surface area contributed by atoms with Gasteiger partial charge in [-0.15, -0.1) is 0 Å². The lowest BCUT2D eigenvalue weighted by molar-refractivity contribution is 0.283. The van der Waals surface area contributed by atoms with Crippen LogP contribution in [0.25, 0.3) is 0 Å². The summed E-state index contributed by atoms with van der Waals surface area (Å²) >= 11 is 17.3. The molecule has 3 nitrogen and oxygen atoms in total. The Bertz CT molecular complexity index is 696. The summed E-state index contributed by atoms with van der Waals surface area (Å²) in [5.41, 5.74) is 2.99. The van der Waals surface area contributed by atoms with Gasteiger partial charge in [0.2, 0.25) is 0 Å². The molecule has 2 N–H and O–H groups in total. The molecule has 0 aliphatic carbocycles. The van der Waals surface area contributed by atoms with E-state index >= 15 is 0 Å². The number of hydrogen-bond acceptors (Lipinski definition) is 2. The fourth-order valence-electron chi connectivity index (χ4n) is 2.29. The predicted molar refractivity (Wildman–Crippen MR) is 107 cm³/mol. The van der Waals surface area contributed by atoms with E-state index in [1.807, 2.05) is 39.0 Å². The van der Waals surface area contributed by atoms with Crippen LogP contribution in [0.15, 0.2) is 36.4 Å². The van der Waals surface area contributed by atoms with Gasteiger partial charge < -0.3 is 15.4 Å². The van der Waals surface area contributed by atoms with Crippen molar-refractivity contribution in [1.29, 1.82) is 0 Å². The van der Waals surface area contributed by atoms with E-state index < -0.39 is 0 Å². The average molecular weight is 383 g/mol. The van der Waals surface area contributed by atoms with Crippen LogP contribution in [-0.4, -0.2) is 17.8 Å². The van der Waals surface area contributed by atoms with Crippen LogP contribution < -0.4 is 15.4 Å². The lowest BCUT2D eigenvalue weighted by Crippen LogP contribution is -2.39. The summed E-state index contributed by atoms with van der Waals surface area (Å²) in [7, 11) is 0. The molecule has 0 aromatic heterocycles. The van der Waals surface area contributed by atoms with Crippen molar-refractivity contribution in [2.75, 3.05) is 11.9 Å². The topological polar surface area (TPSA) is 33.3 Å². The minimum absolute atomic E-state index is 0.0404. The molecular weight excluding hydrogens is 363 g/mol. The van der Waals surface area contributed by atoms with Crippen LogP contribution in [0.3, 0.4) is 0 Å². The number of benzene rings is 2. The van der Waals surface area contributed by atoms with Gasteiger partial charge in [0, 0.05) is 15.7 Å². The number of rotatable bonds is 5. The van der Waals surface area contributed by atoms with Crippen molar-refractivity contribution in [2.24, 2.45) is 0 Å². The summed E-state index contributed by atoms with van der Waals surface area (Å²) in [6.07, 6.45) is 0. The lowest BCUT2D eigenvalue weighted by atomic mass is 10.1. The molecule has 0 spiro atoms. The quantitative estimate of drug-likeness (QED) is 0.681. The van der Waals surface area contributed by atoms with Crippen molar-refractivity contribution in [2.45, 2.75) is 26.8 Å². The fraction of sp³-hybridized carbons (Fsp3) is 0.278. The second kappa shape index (κ2) is 8.56. The molecular formula is C18H20Cl2N2OS. The summed E-state index contributed by atoms with van der Waals surface area (Å²) < 4.78 is 5.93. The fourth-order valence-corrected chi connectivity index (χ4v) is 3.14. The molecule has 0 amide bonds. The molecule has 24 heavy (non-hydrogen) atoms. The summed E-state index contributed by atoms with van der Waals surface area (Å²) in [6, 6.07) is 11.3. The zero-order valence-electron chi connectivity index (χ0n) is 13.8. The normalized spacial score (nSPS) is 11.7. The second-order valence-electron chi connectivity index (χ2n) is 5.69. The Labute approximate surface area is 158 Å². The van der Waals surface area contributed by atoms with Crippen LogP contribution in [0.1, 0.15) is 18.1 Å². The highest BCUT2D eigenvalue weighted by molar-refractivity contribution is 7.80. The zero-order chi connectivity index (χ0) is 17.7. The van der Waals surface area contributed by atoms with Crippen LogP contribution in [0.5, 0.6) is 5.75 Å². The highest BCUT2D eigenvalue weighted by Gasteiger charge is 2.09. The lowest BCUT2D eigenvalue weighted by Gasteiger charge is -2.19. The molecule has 1 unspecified atom stereocenters. The first-order valence-corrected chi connectivity index (χ1v) is 8.74. The Hall–Kier alpha value is -1.49. The third-order valence-electron chi connectivity index (χ3n) is 3.38. The van der Waals surface area contributed by atoms with E-state index in [0.717, 1.165) is 22.6 Å². The SMILES string of the molecule is Cc1cccc(C)c1OCC(C)NC(=S)Nc1cc(Cl)cc(Cl)c1. The minimum atomic E-state index is 0.0404. The molecule has 6 heteroatoms. The molecule has 0 aliphatic rings. The van der Waals surface area contributed by atoms with Gasteiger partial charge in [0.15, 0.2) is 5.11 Å². The molecule has 2 aromatic rings. The monoisotopic (exact) mass is 382 g/mol. The van der Waals surface area contributed by atoms with Gasteiger partial charge in [-0.3, -0.25) is 0 Å². The van der Waals surface area contributed by atoms with Crippen molar-refractivity contribution < 1.29 is 4.74 Å². The Morgan fingerprint density at radius 1 is 1.12 bits per heavy atom. The number of nitrogens with one attached hydrogen (secondary N) is 2. The maximum Gasteiger partial charge on any atom is 0.171 e. The van der Waals surface area contributed by atoms with Gasteiger partial charge in [-0.25, -0.2) is 0 Å². The first kappa shape index (κ1) is 18.8. The number of aryl methyl sites for hydroxylation is 2. The smallest absolute Gasteiger partial charge is 0.171 e. The molecule has 0 bridgehead atoms. The third kappa shape index (κ3) is 5.55. The van der Waals surface area contributed by atoms with Crippen molar-refractivity contribution >= 4 is 46.2 Å². The van der Waals surface area contributed by atoms with Crippen LogP contribution in [0.2, 0.25) is 10.0 Å². The molecule has 0 radical (unpaired) electrons. The molecule has 1 atom stereocenters. The second-order valence-corrected chi connectivity index (χ2v) is 6.97. The number of halogens is 2. The average Bonchev–Trinajstić information content (AvgIpc) is 2.45. The third-order valence-corrected chi connectivity index (χ3v) is 4.04. The number of para-hydroxylation sites is 1. The zero-order valence-corrected chi connectivity index (χ0v) is 16.1. The van der Waals surface area contributed by atoms with Gasteiger partial charge in [-0.05, 0) is 62.3 Å². The van der Waals surface area contributed by atoms with Gasteiger partial charge in [0.1, 0.15) is 12.4 Å². The Balaban J connectivity index is 1.87. The maximum atomic E-state index is 5.98. The van der Waals surface area contributed by atoms with Crippen LogP contribution in [0.4, 0.5) is 5.69 Å². The number of ether oxygens (including phenoxy) is 1. The van der Waals surface area contributed by atoms with Crippen LogP contribution in [-0.2, 0) is 0 Å². The number of thiocarbonyl (C=S) groups is 1. The van der Waals surface area contributed by atoms with Gasteiger partial charge in [0.05, 0.1) is 6.04 Å². The minimum Gasteiger partial charge on any atom is -0.491 e. The molecule has 2 rings (SSSR count). The van der Waals surface area contributed by atoms with Gasteiger partial charge in [-0.2, -0.15) is 0 Å². The van der Waals surface area contributed by atoms with Crippen molar-refractivity contribution in [3.8, 4) is 5.75 Å². The standard InChI is InChI=1S/C18H20Cl2N2OS/c1-11-5-4-6-12(2)17(11)23-10-13(3)21-18(24)22-16-8-14(19)7-15(20)9-16/h4-9,13H,10H2,1-3H3,(H2,21,22,24). The molecule has 0 saturated heterocycles. The van der Waals surface area contributed by atoms with E-state index in [2.05, 4.69) is 10.6 Å². The Morgan fingerprint density at radius 3 is 2.29 bits per heavy atom. The van der Waals surface area contributed by atoms with Crippen molar-refractivity contribution in [3.63, 3.8) is 0 Å². The molecule has 0 fully saturated rings. The molecule has 0 aliphatic heterocycles. The largest absolute Gasteiger partial charge is 0.491 e. The number of hydrogen-bond donors (Lipinski definition) is 2.